The van der Waals surface area contributed by atoms with Crippen LogP contribution in [0, 0.1) is 6.92 Å². The van der Waals surface area contributed by atoms with Crippen LogP contribution in [-0.4, -0.2) is 78.2 Å². The fraction of sp³-hybridized carbons (Fsp3) is 0.485. The molecule has 7 rings (SSSR count). The largest absolute Gasteiger partial charge is 0.479 e. The minimum absolute atomic E-state index is 0.325. The van der Waals surface area contributed by atoms with Gasteiger partial charge in [-0.25, -0.2) is 14.5 Å². The van der Waals surface area contributed by atoms with E-state index in [0.29, 0.717) is 62.2 Å². The van der Waals surface area contributed by atoms with Crippen molar-refractivity contribution in [1.82, 2.24) is 29.6 Å². The molecule has 6 heterocycles. The molecule has 1 saturated heterocycles. The third-order valence-corrected chi connectivity index (χ3v) is 8.26. The highest BCUT2D eigenvalue weighted by atomic mass is 16.5. The van der Waals surface area contributed by atoms with E-state index in [1.807, 2.05) is 76.4 Å². The zero-order chi connectivity index (χ0) is 31.8. The fourth-order valence-corrected chi connectivity index (χ4v) is 5.96. The van der Waals surface area contributed by atoms with Crippen molar-refractivity contribution in [2.24, 2.45) is 0 Å². The van der Waals surface area contributed by atoms with Crippen LogP contribution in [0.1, 0.15) is 69.2 Å². The molecule has 0 saturated carbocycles. The normalized spacial score (nSPS) is 18.8. The van der Waals surface area contributed by atoms with Crippen molar-refractivity contribution in [2.45, 2.75) is 77.9 Å². The molecule has 3 aliphatic heterocycles. The molecule has 3 aliphatic rings. The summed E-state index contributed by atoms with van der Waals surface area (Å²) in [5, 5.41) is 24.2. The number of fused-ring (bicyclic) bond motifs is 7. The van der Waals surface area contributed by atoms with E-state index in [1.165, 1.54) is 0 Å². The van der Waals surface area contributed by atoms with Gasteiger partial charge in [0.2, 0.25) is 0 Å². The van der Waals surface area contributed by atoms with Gasteiger partial charge in [0.15, 0.2) is 11.8 Å². The maximum Gasteiger partial charge on any atom is 0.337 e. The van der Waals surface area contributed by atoms with Gasteiger partial charge in [0.05, 0.1) is 55.0 Å². The predicted octanol–water partition coefficient (Wildman–Crippen LogP) is 4.75. The first-order chi connectivity index (χ1) is 21.5. The summed E-state index contributed by atoms with van der Waals surface area (Å²) in [5.74, 6) is -0.393. The molecule has 1 atom stereocenters. The molecule has 3 aromatic heterocycles. The number of benzene rings is 1. The lowest BCUT2D eigenvalue weighted by molar-refractivity contribution is -0.160. The van der Waals surface area contributed by atoms with Crippen LogP contribution in [-0.2, 0) is 32.2 Å². The standard InChI is InChI=1S/C33H41N7O5/c1-22-28(29(31(41)42)45-32(2,3)4)30-38-14-12-33(5,13-15-38)44-17-9-8-16-43-21-23-10-6-7-11-25(23)26-20-39(37-35-26)19-24-18-27(34-22)40(30)36-24/h6-11,18,20,29H,12-17,19,21H2,1-5H3,(H,41,42)/b9-8+/t29-/m0/s1. The number of ether oxygens (including phenoxy) is 3. The van der Waals surface area contributed by atoms with E-state index >= 15 is 0 Å². The van der Waals surface area contributed by atoms with Crippen molar-refractivity contribution in [3.63, 3.8) is 0 Å². The summed E-state index contributed by atoms with van der Waals surface area (Å²) in [7, 11) is 0. The summed E-state index contributed by atoms with van der Waals surface area (Å²) >= 11 is 0. The first-order valence-corrected chi connectivity index (χ1v) is 15.4. The molecule has 0 amide bonds. The van der Waals surface area contributed by atoms with Gasteiger partial charge in [-0.1, -0.05) is 41.6 Å². The number of carboxylic acids is 1. The molecule has 4 aromatic rings. The summed E-state index contributed by atoms with van der Waals surface area (Å²) in [4.78, 5) is 19.7. The average molecular weight is 616 g/mol. The number of nitrogens with zero attached hydrogens (tertiary/aromatic N) is 7. The van der Waals surface area contributed by atoms with Crippen LogP contribution in [0.4, 0.5) is 5.82 Å². The Morgan fingerprint density at radius 2 is 1.89 bits per heavy atom. The lowest BCUT2D eigenvalue weighted by Gasteiger charge is -2.41. The Labute approximate surface area is 262 Å². The maximum absolute atomic E-state index is 12.7. The lowest BCUT2D eigenvalue weighted by Crippen LogP contribution is -2.45. The highest BCUT2D eigenvalue weighted by molar-refractivity contribution is 5.78. The molecule has 0 unspecified atom stereocenters. The Hall–Kier alpha value is -4.13. The van der Waals surface area contributed by atoms with Gasteiger partial charge in [-0.2, -0.15) is 9.61 Å². The van der Waals surface area contributed by atoms with E-state index in [1.54, 1.807) is 9.20 Å². The Morgan fingerprint density at radius 3 is 2.64 bits per heavy atom. The van der Waals surface area contributed by atoms with Gasteiger partial charge < -0.3 is 24.2 Å². The molecule has 12 heteroatoms. The molecular weight excluding hydrogens is 574 g/mol. The molecule has 1 aromatic carbocycles. The van der Waals surface area contributed by atoms with E-state index in [9.17, 15) is 9.90 Å². The van der Waals surface area contributed by atoms with Gasteiger partial charge in [0, 0.05) is 30.4 Å². The van der Waals surface area contributed by atoms with Gasteiger partial charge >= 0.3 is 5.97 Å². The third kappa shape index (κ3) is 6.77. The summed E-state index contributed by atoms with van der Waals surface area (Å²) in [6.45, 7) is 12.6. The maximum atomic E-state index is 12.7. The molecule has 45 heavy (non-hydrogen) atoms. The van der Waals surface area contributed by atoms with Crippen LogP contribution in [0.5, 0.6) is 0 Å². The van der Waals surface area contributed by atoms with E-state index in [0.717, 1.165) is 35.4 Å². The molecule has 0 aliphatic carbocycles. The highest BCUT2D eigenvalue weighted by Crippen LogP contribution is 2.37. The molecular formula is C33H41N7O5. The molecule has 6 bridgehead atoms. The molecule has 1 fully saturated rings. The second-order valence-corrected chi connectivity index (χ2v) is 13.0. The van der Waals surface area contributed by atoms with Gasteiger partial charge in [0.25, 0.3) is 0 Å². The molecule has 0 spiro atoms. The smallest absolute Gasteiger partial charge is 0.337 e. The topological polar surface area (TPSA) is 129 Å². The number of aryl methyl sites for hydroxylation is 1. The number of hydrogen-bond acceptors (Lipinski definition) is 9. The van der Waals surface area contributed by atoms with Crippen molar-refractivity contribution < 1.29 is 24.1 Å². The molecule has 1 N–H and O–H groups in total. The van der Waals surface area contributed by atoms with Gasteiger partial charge in [0.1, 0.15) is 11.5 Å². The predicted molar refractivity (Wildman–Crippen MR) is 168 cm³/mol. The number of hydrogen-bond donors (Lipinski definition) is 1. The van der Waals surface area contributed by atoms with Crippen LogP contribution >= 0.6 is 0 Å². The first-order valence-electron chi connectivity index (χ1n) is 15.4. The van der Waals surface area contributed by atoms with Gasteiger partial charge in [-0.15, -0.1) is 5.10 Å². The quantitative estimate of drug-likeness (QED) is 0.323. The van der Waals surface area contributed by atoms with Crippen molar-refractivity contribution >= 4 is 17.4 Å². The minimum atomic E-state index is -1.23. The second kappa shape index (κ2) is 12.3. The first kappa shape index (κ1) is 30.9. The van der Waals surface area contributed by atoms with Gasteiger partial charge in [-0.3, -0.25) is 0 Å². The Bertz CT molecular complexity index is 1710. The zero-order valence-electron chi connectivity index (χ0n) is 26.6. The number of anilines is 1. The summed E-state index contributed by atoms with van der Waals surface area (Å²) < 4.78 is 22.0. The monoisotopic (exact) mass is 615 g/mol. The van der Waals surface area contributed by atoms with Crippen molar-refractivity contribution in [1.29, 1.82) is 0 Å². The van der Waals surface area contributed by atoms with Gasteiger partial charge in [-0.05, 0) is 53.0 Å². The second-order valence-electron chi connectivity index (χ2n) is 13.0. The average Bonchev–Trinajstić information content (AvgIpc) is 3.61. The Kier molecular flexibility index (Phi) is 8.47. The van der Waals surface area contributed by atoms with Crippen molar-refractivity contribution in [3.05, 3.63) is 71.2 Å². The van der Waals surface area contributed by atoms with Crippen LogP contribution in [0.15, 0.2) is 48.7 Å². The number of carboxylic acid groups (broad SMARTS) is 1. The van der Waals surface area contributed by atoms with Crippen LogP contribution < -0.4 is 4.90 Å². The molecule has 0 radical (unpaired) electrons. The molecule has 12 nitrogen and oxygen atoms in total. The van der Waals surface area contributed by atoms with E-state index in [2.05, 4.69) is 22.1 Å². The summed E-state index contributed by atoms with van der Waals surface area (Å²) in [5.41, 5.74) is 4.14. The van der Waals surface area contributed by atoms with Crippen molar-refractivity contribution in [3.8, 4) is 11.3 Å². The Morgan fingerprint density at radius 1 is 1.13 bits per heavy atom. The Balaban J connectivity index is 1.45. The number of carbonyl (C=O) groups is 1. The number of rotatable bonds is 3. The summed E-state index contributed by atoms with van der Waals surface area (Å²) in [6.07, 6.45) is 6.16. The fourth-order valence-electron chi connectivity index (χ4n) is 5.96. The number of aromatic nitrogens is 6. The third-order valence-electron chi connectivity index (χ3n) is 8.26. The summed E-state index contributed by atoms with van der Waals surface area (Å²) in [6, 6.07) is 9.93. The van der Waals surface area contributed by atoms with E-state index in [4.69, 9.17) is 24.3 Å². The lowest BCUT2D eigenvalue weighted by atomic mass is 9.92. The minimum Gasteiger partial charge on any atom is -0.479 e. The molecule has 238 valence electrons. The van der Waals surface area contributed by atoms with E-state index in [-0.39, 0.29) is 5.60 Å². The number of aliphatic carboxylic acids is 1. The SMILES string of the molecule is Cc1nc2cc3nn2c(c1[C@H](OC(C)(C)C)C(=O)O)N1CCC(C)(CC1)OC/C=C/COCc1ccccc1-c1cn(nn1)C3. The van der Waals surface area contributed by atoms with Crippen molar-refractivity contribution in [2.75, 3.05) is 31.2 Å². The highest BCUT2D eigenvalue weighted by Gasteiger charge is 2.37. The van der Waals surface area contributed by atoms with Crippen LogP contribution in [0.2, 0.25) is 0 Å². The van der Waals surface area contributed by atoms with E-state index < -0.39 is 17.7 Å². The van der Waals surface area contributed by atoms with Crippen LogP contribution in [0.3, 0.4) is 0 Å². The van der Waals surface area contributed by atoms with Crippen LogP contribution in [0.25, 0.3) is 16.9 Å². The number of piperidine rings is 1. The zero-order valence-corrected chi connectivity index (χ0v) is 26.6.